The van der Waals surface area contributed by atoms with Crippen molar-refractivity contribution in [1.82, 2.24) is 0 Å². The zero-order valence-electron chi connectivity index (χ0n) is 32.1. The zero-order chi connectivity index (χ0) is 40.2. The fraction of sp³-hybridized carbons (Fsp3) is 0.419. The molecule has 0 amide bonds. The third-order valence-electron chi connectivity index (χ3n) is 11.0. The van der Waals surface area contributed by atoms with Crippen LogP contribution in [0.25, 0.3) is 43.5 Å². The van der Waals surface area contributed by atoms with Crippen LogP contribution in [0.4, 0.5) is 0 Å². The number of benzene rings is 4. The van der Waals surface area contributed by atoms with E-state index in [0.29, 0.717) is 12.0 Å². The summed E-state index contributed by atoms with van der Waals surface area (Å²) in [6.07, 6.45) is -7.70. The van der Waals surface area contributed by atoms with Gasteiger partial charge in [0.05, 0.1) is 42.1 Å². The van der Waals surface area contributed by atoms with Crippen molar-refractivity contribution in [2.75, 3.05) is 20.3 Å². The molecule has 0 aliphatic carbocycles. The molecule has 304 valence electrons. The lowest BCUT2D eigenvalue weighted by Crippen LogP contribution is -2.60. The molecule has 0 bridgehead atoms. The number of ether oxygens (including phenoxy) is 9. The fourth-order valence-corrected chi connectivity index (χ4v) is 8.26. The Morgan fingerprint density at radius 3 is 2.38 bits per heavy atom. The predicted molar refractivity (Wildman–Crippen MR) is 206 cm³/mol. The first-order valence-electron chi connectivity index (χ1n) is 19.3. The van der Waals surface area contributed by atoms with E-state index < -0.39 is 78.8 Å². The number of fused-ring (bicyclic) bond motifs is 3. The maximum atomic E-state index is 13.8. The number of hydrogen-bond acceptors (Lipinski definition) is 15. The van der Waals surface area contributed by atoms with Crippen LogP contribution >= 0.6 is 0 Å². The highest BCUT2D eigenvalue weighted by molar-refractivity contribution is 6.28. The van der Waals surface area contributed by atoms with Gasteiger partial charge in [0.2, 0.25) is 6.29 Å². The first kappa shape index (κ1) is 38.5. The molecule has 0 spiro atoms. The van der Waals surface area contributed by atoms with E-state index in [9.17, 15) is 19.5 Å². The van der Waals surface area contributed by atoms with Gasteiger partial charge in [-0.15, -0.1) is 0 Å². The number of aliphatic hydroxyl groups excluding tert-OH is 1. The van der Waals surface area contributed by atoms with Crippen molar-refractivity contribution in [2.24, 2.45) is 0 Å². The van der Waals surface area contributed by atoms with Crippen LogP contribution in [-0.4, -0.2) is 86.7 Å². The van der Waals surface area contributed by atoms with Gasteiger partial charge in [-0.05, 0) is 39.0 Å². The van der Waals surface area contributed by atoms with Gasteiger partial charge in [-0.1, -0.05) is 48.5 Å². The van der Waals surface area contributed by atoms with Crippen LogP contribution in [0.15, 0.2) is 85.2 Å². The van der Waals surface area contributed by atoms with Crippen LogP contribution in [0, 0.1) is 0 Å². The summed E-state index contributed by atoms with van der Waals surface area (Å²) in [5.74, 6) is -0.601. The lowest BCUT2D eigenvalue weighted by Gasteiger charge is -2.44. The molecule has 3 saturated heterocycles. The Morgan fingerprint density at radius 2 is 1.59 bits per heavy atom. The number of carbonyl (C=O) groups excluding carboxylic acids is 1. The highest BCUT2D eigenvalue weighted by Gasteiger charge is 2.55. The van der Waals surface area contributed by atoms with E-state index in [-0.39, 0.29) is 69.0 Å². The molecular formula is C43H42O15. The largest absolute Gasteiger partial charge is 0.461 e. The second kappa shape index (κ2) is 15.7. The van der Waals surface area contributed by atoms with Gasteiger partial charge in [0, 0.05) is 41.9 Å². The molecule has 5 heterocycles. The second-order valence-electron chi connectivity index (χ2n) is 14.6. The molecule has 0 saturated carbocycles. The second-order valence-corrected chi connectivity index (χ2v) is 14.6. The Labute approximate surface area is 330 Å². The predicted octanol–water partition coefficient (Wildman–Crippen LogP) is 5.48. The lowest BCUT2D eigenvalue weighted by atomic mass is 9.97. The highest BCUT2D eigenvalue weighted by Crippen LogP contribution is 2.47. The van der Waals surface area contributed by atoms with Crippen molar-refractivity contribution in [3.05, 3.63) is 93.1 Å². The molecule has 1 unspecified atom stereocenters. The van der Waals surface area contributed by atoms with E-state index in [1.54, 1.807) is 43.3 Å². The van der Waals surface area contributed by atoms with Crippen molar-refractivity contribution in [3.8, 4) is 11.5 Å². The normalized spacial score (nSPS) is 28.7. The molecule has 3 fully saturated rings. The molecule has 15 heteroatoms. The van der Waals surface area contributed by atoms with Crippen LogP contribution in [0.3, 0.4) is 0 Å². The Hall–Kier alpha value is -4.97. The highest BCUT2D eigenvalue weighted by atomic mass is 16.8. The maximum absolute atomic E-state index is 13.8. The molecule has 6 aromatic rings. The van der Waals surface area contributed by atoms with Crippen molar-refractivity contribution in [3.63, 3.8) is 0 Å². The quantitative estimate of drug-likeness (QED) is 0.0435. The molecule has 9 rings (SSSR count). The van der Waals surface area contributed by atoms with Gasteiger partial charge in [-0.2, -0.15) is 0 Å². The first-order valence-corrected chi connectivity index (χ1v) is 19.3. The Bertz CT molecular complexity index is 2570. The third-order valence-corrected chi connectivity index (χ3v) is 11.0. The summed E-state index contributed by atoms with van der Waals surface area (Å²) in [4.78, 5) is 40.8. The van der Waals surface area contributed by atoms with Crippen molar-refractivity contribution >= 4 is 49.5 Å². The number of hydrogen-bond donors (Lipinski definition) is 1. The van der Waals surface area contributed by atoms with Crippen molar-refractivity contribution in [2.45, 2.75) is 95.2 Å². The van der Waals surface area contributed by atoms with E-state index in [4.69, 9.17) is 51.5 Å². The molecule has 3 aliphatic rings. The van der Waals surface area contributed by atoms with Crippen molar-refractivity contribution < 1.29 is 61.4 Å². The van der Waals surface area contributed by atoms with Crippen LogP contribution < -0.4 is 20.7 Å². The van der Waals surface area contributed by atoms with Crippen LogP contribution in [-0.2, 0) is 38.0 Å². The smallest absolute Gasteiger partial charge is 0.348 e. The van der Waals surface area contributed by atoms with Gasteiger partial charge in [-0.25, -0.2) is 9.59 Å². The molecule has 3 aliphatic heterocycles. The fourth-order valence-electron chi connectivity index (χ4n) is 8.26. The summed E-state index contributed by atoms with van der Waals surface area (Å²) in [6, 6.07) is 19.1. The van der Waals surface area contributed by atoms with Gasteiger partial charge in [0.15, 0.2) is 30.0 Å². The van der Waals surface area contributed by atoms with Crippen LogP contribution in [0.1, 0.15) is 45.5 Å². The molecular weight excluding hydrogens is 756 g/mol. The topological polar surface area (TPSA) is 181 Å². The SMILES string of the molecule is CCOCCC(=O)Oc1c2cccc(O[C@@H]3O[C@H](C)[C@@H]4O[C@H](c5ccccc5)O[C@@H]4[C@H]3OC3C[C@@H](OC)[C@@H](O)[C@@H](C)O3)c2c2oc(=O)c3cccc4oc(=O)c1c2c43. The zero-order valence-corrected chi connectivity index (χ0v) is 32.1. The number of aliphatic hydroxyl groups is 1. The minimum absolute atomic E-state index is 0.0153. The molecule has 2 aromatic heterocycles. The minimum Gasteiger partial charge on any atom is -0.461 e. The van der Waals surface area contributed by atoms with Gasteiger partial charge in [0.1, 0.15) is 35.0 Å². The average molecular weight is 799 g/mol. The number of esters is 1. The molecule has 0 radical (unpaired) electrons. The van der Waals surface area contributed by atoms with E-state index in [1.807, 2.05) is 44.2 Å². The van der Waals surface area contributed by atoms with Gasteiger partial charge >= 0.3 is 17.2 Å². The first-order chi connectivity index (χ1) is 28.1. The number of rotatable bonds is 11. The maximum Gasteiger partial charge on any atom is 0.348 e. The Balaban J connectivity index is 1.18. The van der Waals surface area contributed by atoms with E-state index in [0.717, 1.165) is 5.56 Å². The van der Waals surface area contributed by atoms with E-state index in [2.05, 4.69) is 0 Å². The molecule has 58 heavy (non-hydrogen) atoms. The van der Waals surface area contributed by atoms with Crippen LogP contribution in [0.2, 0.25) is 0 Å². The number of methoxy groups -OCH3 is 1. The van der Waals surface area contributed by atoms with E-state index in [1.165, 1.54) is 7.11 Å². The van der Waals surface area contributed by atoms with Gasteiger partial charge in [0.25, 0.3) is 0 Å². The summed E-state index contributed by atoms with van der Waals surface area (Å²) in [6.45, 7) is 5.88. The van der Waals surface area contributed by atoms with E-state index >= 15 is 0 Å². The molecule has 15 nitrogen and oxygen atoms in total. The summed E-state index contributed by atoms with van der Waals surface area (Å²) < 4.78 is 67.9. The average Bonchev–Trinajstić information content (AvgIpc) is 3.68. The molecule has 1 N–H and O–H groups in total. The van der Waals surface area contributed by atoms with Crippen molar-refractivity contribution in [1.29, 1.82) is 0 Å². The molecule has 10 atom stereocenters. The third kappa shape index (κ3) is 6.70. The summed E-state index contributed by atoms with van der Waals surface area (Å²) in [5, 5.41) is 11.8. The lowest BCUT2D eigenvalue weighted by molar-refractivity contribution is -0.321. The van der Waals surface area contributed by atoms with Gasteiger partial charge < -0.3 is 56.6 Å². The summed E-state index contributed by atoms with van der Waals surface area (Å²) in [7, 11) is 1.51. The Kier molecular flexibility index (Phi) is 10.4. The Morgan fingerprint density at radius 1 is 0.810 bits per heavy atom. The van der Waals surface area contributed by atoms with Crippen LogP contribution in [0.5, 0.6) is 11.5 Å². The number of carbonyl (C=O) groups is 1. The van der Waals surface area contributed by atoms with Gasteiger partial charge in [-0.3, -0.25) is 4.79 Å². The minimum atomic E-state index is -1.20. The standard InChI is InChI=1S/C43H42O15/c1-5-49-18-17-28(44)54-36-23-13-9-16-26(31(23)37-32-30-24(40(46)56-37)14-10-15-25(30)52-41(47)33(32)36)53-43-39(55-29-19-27(48-4)34(45)20(2)50-29)38-35(21(3)51-43)57-42(58-38)22-11-7-6-8-12-22/h6-16,20-21,27,29,34-35,38-39,42-43,45H,5,17-19H2,1-4H3/t20-,21-,27-,29?,34+,35+,38+,39-,42+,43+/m1/s1. The molecule has 4 aromatic carbocycles. The summed E-state index contributed by atoms with van der Waals surface area (Å²) >= 11 is 0. The monoisotopic (exact) mass is 798 g/mol. The summed E-state index contributed by atoms with van der Waals surface area (Å²) in [5.41, 5.74) is -0.514.